The summed E-state index contributed by atoms with van der Waals surface area (Å²) in [5, 5.41) is 10.2. The molecule has 0 spiro atoms. The average Bonchev–Trinajstić information content (AvgIpc) is 2.67. The normalized spacial score (nSPS) is 17.1. The van der Waals surface area contributed by atoms with Crippen molar-refractivity contribution in [1.82, 2.24) is 9.80 Å². The first-order valence-corrected chi connectivity index (χ1v) is 9.99. The molecule has 1 saturated heterocycles. The van der Waals surface area contributed by atoms with Gasteiger partial charge in [-0.05, 0) is 64.5 Å². The summed E-state index contributed by atoms with van der Waals surface area (Å²) in [7, 11) is 3.60. The number of hydrogen-bond donors (Lipinski definition) is 2. The van der Waals surface area contributed by atoms with Crippen molar-refractivity contribution in [2.75, 3.05) is 40.4 Å². The number of aliphatic hydroxyl groups is 1. The van der Waals surface area contributed by atoms with Crippen molar-refractivity contribution >= 4 is 5.91 Å². The number of ether oxygens (including phenoxy) is 2. The number of likely N-dealkylation sites (tertiary alicyclic amines) is 1. The molecule has 1 fully saturated rings. The van der Waals surface area contributed by atoms with Crippen LogP contribution >= 0.6 is 0 Å². The Balaban J connectivity index is 1.88. The molecular weight excluding hydrogens is 358 g/mol. The van der Waals surface area contributed by atoms with Crippen LogP contribution in [0.1, 0.15) is 32.3 Å². The lowest BCUT2D eigenvalue weighted by atomic mass is 9.96. The molecule has 28 heavy (non-hydrogen) atoms. The van der Waals surface area contributed by atoms with Gasteiger partial charge in [-0.15, -0.1) is 0 Å². The van der Waals surface area contributed by atoms with Crippen molar-refractivity contribution < 1.29 is 19.4 Å². The molecule has 1 aliphatic heterocycles. The van der Waals surface area contributed by atoms with E-state index in [-0.39, 0.29) is 18.4 Å². The van der Waals surface area contributed by atoms with Gasteiger partial charge in [0.2, 0.25) is 5.91 Å². The van der Waals surface area contributed by atoms with Crippen LogP contribution in [0.3, 0.4) is 0 Å². The molecule has 3 N–H and O–H groups in total. The fourth-order valence-corrected chi connectivity index (χ4v) is 3.35. The second kappa shape index (κ2) is 10.6. The van der Waals surface area contributed by atoms with E-state index in [0.29, 0.717) is 24.1 Å². The van der Waals surface area contributed by atoms with E-state index in [4.69, 9.17) is 15.2 Å². The minimum atomic E-state index is -0.566. The van der Waals surface area contributed by atoms with Gasteiger partial charge in [-0.1, -0.05) is 6.07 Å². The van der Waals surface area contributed by atoms with Crippen LogP contribution in [0.2, 0.25) is 0 Å². The molecule has 1 heterocycles. The van der Waals surface area contributed by atoms with E-state index in [0.717, 1.165) is 38.0 Å². The number of methoxy groups -OCH3 is 1. The molecule has 7 nitrogen and oxygen atoms in total. The molecule has 0 aromatic heterocycles. The molecule has 158 valence electrons. The van der Waals surface area contributed by atoms with Crippen LogP contribution in [-0.4, -0.2) is 73.4 Å². The Bertz CT molecular complexity index is 630. The van der Waals surface area contributed by atoms with Crippen molar-refractivity contribution in [1.29, 1.82) is 0 Å². The quantitative estimate of drug-likeness (QED) is 0.626. The number of benzene rings is 1. The third-order valence-corrected chi connectivity index (χ3v) is 5.44. The first-order valence-electron chi connectivity index (χ1n) is 9.99. The van der Waals surface area contributed by atoms with Gasteiger partial charge >= 0.3 is 0 Å². The molecule has 1 atom stereocenters. The highest BCUT2D eigenvalue weighted by Gasteiger charge is 2.23. The maximum atomic E-state index is 11.3. The molecular formula is C21H35N3O4. The van der Waals surface area contributed by atoms with Gasteiger partial charge in [-0.25, -0.2) is 0 Å². The van der Waals surface area contributed by atoms with Crippen LogP contribution in [0, 0.1) is 5.92 Å². The number of hydrogen-bond acceptors (Lipinski definition) is 6. The SMILES string of the molecule is COc1cc(CN2CCC(C(N)=O)CC2)ccc1OCC(O)CN(C)C(C)C. The molecule has 1 aliphatic rings. The van der Waals surface area contributed by atoms with Crippen LogP contribution in [0.5, 0.6) is 11.5 Å². The highest BCUT2D eigenvalue weighted by atomic mass is 16.5. The third kappa shape index (κ3) is 6.65. The summed E-state index contributed by atoms with van der Waals surface area (Å²) in [5.41, 5.74) is 6.53. The molecule has 2 rings (SSSR count). The fraction of sp³-hybridized carbons (Fsp3) is 0.667. The van der Waals surface area contributed by atoms with E-state index in [9.17, 15) is 9.90 Å². The Morgan fingerprint density at radius 1 is 1.32 bits per heavy atom. The van der Waals surface area contributed by atoms with Gasteiger partial charge in [0, 0.05) is 25.0 Å². The Hall–Kier alpha value is -1.83. The third-order valence-electron chi connectivity index (χ3n) is 5.44. The molecule has 0 aliphatic carbocycles. The van der Waals surface area contributed by atoms with Crippen molar-refractivity contribution in [3.63, 3.8) is 0 Å². The molecule has 0 bridgehead atoms. The van der Waals surface area contributed by atoms with Crippen LogP contribution in [-0.2, 0) is 11.3 Å². The standard InChI is InChI=1S/C21H35N3O4/c1-15(2)23(3)13-18(25)14-28-19-6-5-16(11-20(19)27-4)12-24-9-7-17(8-10-24)21(22)26/h5-6,11,15,17-18,25H,7-10,12-14H2,1-4H3,(H2,22,26). The number of primary amides is 1. The Morgan fingerprint density at radius 2 is 2.00 bits per heavy atom. The smallest absolute Gasteiger partial charge is 0.220 e. The van der Waals surface area contributed by atoms with Crippen molar-refractivity contribution in [3.05, 3.63) is 23.8 Å². The maximum absolute atomic E-state index is 11.3. The van der Waals surface area contributed by atoms with Crippen molar-refractivity contribution in [3.8, 4) is 11.5 Å². The number of carbonyl (C=O) groups excluding carboxylic acids is 1. The van der Waals surface area contributed by atoms with E-state index in [1.807, 2.05) is 25.2 Å². The zero-order valence-corrected chi connectivity index (χ0v) is 17.6. The monoisotopic (exact) mass is 393 g/mol. The Kier molecular flexibility index (Phi) is 8.54. The number of amides is 1. The molecule has 0 radical (unpaired) electrons. The van der Waals surface area contributed by atoms with Crippen LogP contribution in [0.4, 0.5) is 0 Å². The minimum Gasteiger partial charge on any atom is -0.493 e. The molecule has 1 aromatic carbocycles. The summed E-state index contributed by atoms with van der Waals surface area (Å²) in [6.07, 6.45) is 1.07. The van der Waals surface area contributed by atoms with E-state index >= 15 is 0 Å². The zero-order chi connectivity index (χ0) is 20.7. The van der Waals surface area contributed by atoms with E-state index < -0.39 is 6.10 Å². The molecule has 1 unspecified atom stereocenters. The minimum absolute atomic E-state index is 0.00253. The Labute approximate surface area is 168 Å². The first kappa shape index (κ1) is 22.5. The van der Waals surface area contributed by atoms with Gasteiger partial charge in [0.05, 0.1) is 7.11 Å². The highest BCUT2D eigenvalue weighted by Crippen LogP contribution is 2.29. The summed E-state index contributed by atoms with van der Waals surface area (Å²) in [6.45, 7) is 7.47. The number of rotatable bonds is 10. The van der Waals surface area contributed by atoms with Gasteiger partial charge in [-0.3, -0.25) is 9.69 Å². The number of nitrogens with two attached hydrogens (primary N) is 1. The van der Waals surface area contributed by atoms with Gasteiger partial charge in [0.15, 0.2) is 11.5 Å². The fourth-order valence-electron chi connectivity index (χ4n) is 3.35. The number of piperidine rings is 1. The predicted molar refractivity (Wildman–Crippen MR) is 109 cm³/mol. The van der Waals surface area contributed by atoms with E-state index in [1.54, 1.807) is 7.11 Å². The van der Waals surface area contributed by atoms with Crippen LogP contribution in [0.25, 0.3) is 0 Å². The summed E-state index contributed by atoms with van der Waals surface area (Å²) < 4.78 is 11.3. The Morgan fingerprint density at radius 3 is 2.57 bits per heavy atom. The molecule has 1 amide bonds. The van der Waals surface area contributed by atoms with Crippen molar-refractivity contribution in [2.24, 2.45) is 11.7 Å². The van der Waals surface area contributed by atoms with Gasteiger partial charge in [0.25, 0.3) is 0 Å². The first-order chi connectivity index (χ1) is 13.3. The summed E-state index contributed by atoms with van der Waals surface area (Å²) in [5.74, 6) is 1.10. The second-order valence-electron chi connectivity index (χ2n) is 7.94. The lowest BCUT2D eigenvalue weighted by Gasteiger charge is -2.30. The lowest BCUT2D eigenvalue weighted by molar-refractivity contribution is -0.123. The van der Waals surface area contributed by atoms with Gasteiger partial charge < -0.3 is 25.2 Å². The number of carbonyl (C=O) groups is 1. The molecule has 1 aromatic rings. The summed E-state index contributed by atoms with van der Waals surface area (Å²) in [4.78, 5) is 15.7. The van der Waals surface area contributed by atoms with E-state index in [1.165, 1.54) is 0 Å². The van der Waals surface area contributed by atoms with Crippen LogP contribution in [0.15, 0.2) is 18.2 Å². The zero-order valence-electron chi connectivity index (χ0n) is 17.6. The van der Waals surface area contributed by atoms with Crippen molar-refractivity contribution in [2.45, 2.75) is 45.4 Å². The largest absolute Gasteiger partial charge is 0.493 e. The maximum Gasteiger partial charge on any atom is 0.220 e. The lowest BCUT2D eigenvalue weighted by Crippen LogP contribution is -2.38. The second-order valence-corrected chi connectivity index (χ2v) is 7.94. The number of likely N-dealkylation sites (N-methyl/N-ethyl adjacent to an activating group) is 1. The number of aliphatic hydroxyl groups excluding tert-OH is 1. The predicted octanol–water partition coefficient (Wildman–Crippen LogP) is 1.47. The average molecular weight is 394 g/mol. The van der Waals surface area contributed by atoms with Crippen LogP contribution < -0.4 is 15.2 Å². The summed E-state index contributed by atoms with van der Waals surface area (Å²) in [6, 6.07) is 6.26. The topological polar surface area (TPSA) is 88.3 Å². The number of nitrogens with zero attached hydrogens (tertiary/aromatic N) is 2. The summed E-state index contributed by atoms with van der Waals surface area (Å²) >= 11 is 0. The van der Waals surface area contributed by atoms with Gasteiger partial charge in [-0.2, -0.15) is 0 Å². The van der Waals surface area contributed by atoms with Gasteiger partial charge in [0.1, 0.15) is 12.7 Å². The molecule has 0 saturated carbocycles. The molecule has 7 heteroatoms. The van der Waals surface area contributed by atoms with E-state index in [2.05, 4.69) is 23.6 Å². The highest BCUT2D eigenvalue weighted by molar-refractivity contribution is 5.76.